The molecule has 0 spiro atoms. The van der Waals surface area contributed by atoms with Gasteiger partial charge in [-0.1, -0.05) is 30.3 Å². The zero-order chi connectivity index (χ0) is 21.1. The lowest BCUT2D eigenvalue weighted by atomic mass is 10.1. The minimum Gasteiger partial charge on any atom is -0.469 e. The summed E-state index contributed by atoms with van der Waals surface area (Å²) in [6, 6.07) is 6.32. The van der Waals surface area contributed by atoms with Crippen LogP contribution < -0.4 is 16.4 Å². The number of carbonyl (C=O) groups excluding carboxylic acids is 4. The minimum absolute atomic E-state index is 0.0239. The average molecular weight is 395 g/mol. The summed E-state index contributed by atoms with van der Waals surface area (Å²) in [6.45, 7) is 1.26. The van der Waals surface area contributed by atoms with Gasteiger partial charge in [0.1, 0.15) is 18.7 Å². The highest BCUT2D eigenvalue weighted by Gasteiger charge is 2.29. The summed E-state index contributed by atoms with van der Waals surface area (Å²) >= 11 is 0. The summed E-state index contributed by atoms with van der Waals surface area (Å²) < 4.78 is 9.48. The molecule has 3 atom stereocenters. The lowest BCUT2D eigenvalue weighted by Crippen LogP contribution is -2.56. The lowest BCUT2D eigenvalue weighted by molar-refractivity contribution is -0.141. The van der Waals surface area contributed by atoms with Gasteiger partial charge in [0.05, 0.1) is 13.2 Å². The summed E-state index contributed by atoms with van der Waals surface area (Å²) in [7, 11) is 1.19. The fourth-order valence-electron chi connectivity index (χ4n) is 2.21. The SMILES string of the molecule is COC(=O)CC[C@@H](NC(=O)[C@@H](NC(=O)OCc1ccccc1)[C@@H](C)O)C(N)=O. The van der Waals surface area contributed by atoms with Crippen LogP contribution in [0.5, 0.6) is 0 Å². The molecule has 0 saturated carbocycles. The second-order valence-corrected chi connectivity index (χ2v) is 6.00. The molecule has 0 saturated heterocycles. The Hall–Kier alpha value is -3.14. The quantitative estimate of drug-likeness (QED) is 0.392. The van der Waals surface area contributed by atoms with E-state index in [4.69, 9.17) is 10.5 Å². The maximum atomic E-state index is 12.4. The topological polar surface area (TPSA) is 157 Å². The average Bonchev–Trinajstić information content (AvgIpc) is 2.67. The molecule has 0 bridgehead atoms. The van der Waals surface area contributed by atoms with Crippen LogP contribution in [0.4, 0.5) is 4.79 Å². The van der Waals surface area contributed by atoms with Gasteiger partial charge in [-0.25, -0.2) is 4.79 Å². The Morgan fingerprint density at radius 2 is 1.79 bits per heavy atom. The van der Waals surface area contributed by atoms with Crippen LogP contribution in [0.15, 0.2) is 30.3 Å². The molecule has 154 valence electrons. The predicted octanol–water partition coefficient (Wildman–Crippen LogP) is -0.414. The summed E-state index contributed by atoms with van der Waals surface area (Å²) in [4.78, 5) is 47.0. The fraction of sp³-hybridized carbons (Fsp3) is 0.444. The third-order valence-corrected chi connectivity index (χ3v) is 3.78. The van der Waals surface area contributed by atoms with Crippen LogP contribution in [0.1, 0.15) is 25.3 Å². The maximum Gasteiger partial charge on any atom is 0.408 e. The first-order chi connectivity index (χ1) is 13.2. The van der Waals surface area contributed by atoms with Crippen molar-refractivity contribution in [2.75, 3.05) is 7.11 Å². The Kier molecular flexibility index (Phi) is 9.44. The summed E-state index contributed by atoms with van der Waals surface area (Å²) in [6.07, 6.45) is -2.43. The molecule has 1 aromatic rings. The molecule has 28 heavy (non-hydrogen) atoms. The van der Waals surface area contributed by atoms with E-state index in [9.17, 15) is 24.3 Å². The largest absolute Gasteiger partial charge is 0.469 e. The first kappa shape index (κ1) is 22.9. The molecular weight excluding hydrogens is 370 g/mol. The van der Waals surface area contributed by atoms with Crippen molar-refractivity contribution >= 4 is 23.9 Å². The van der Waals surface area contributed by atoms with Gasteiger partial charge >= 0.3 is 12.1 Å². The summed E-state index contributed by atoms with van der Waals surface area (Å²) in [5.41, 5.74) is 5.96. The molecule has 0 fully saturated rings. The van der Waals surface area contributed by atoms with Crippen molar-refractivity contribution in [3.63, 3.8) is 0 Å². The number of hydrogen-bond donors (Lipinski definition) is 4. The molecule has 0 aliphatic rings. The molecule has 1 rings (SSSR count). The van der Waals surface area contributed by atoms with Crippen LogP contribution in [0, 0.1) is 0 Å². The molecule has 0 unspecified atom stereocenters. The Labute approximate surface area is 162 Å². The van der Waals surface area contributed by atoms with E-state index in [0.717, 1.165) is 5.56 Å². The number of methoxy groups -OCH3 is 1. The van der Waals surface area contributed by atoms with Crippen molar-refractivity contribution in [2.45, 2.75) is 44.6 Å². The van der Waals surface area contributed by atoms with E-state index in [0.29, 0.717) is 0 Å². The zero-order valence-corrected chi connectivity index (χ0v) is 15.7. The van der Waals surface area contributed by atoms with Crippen molar-refractivity contribution in [2.24, 2.45) is 5.73 Å². The van der Waals surface area contributed by atoms with E-state index in [1.54, 1.807) is 24.3 Å². The van der Waals surface area contributed by atoms with Crippen molar-refractivity contribution < 1.29 is 33.8 Å². The van der Waals surface area contributed by atoms with Gasteiger partial charge in [0.25, 0.3) is 0 Å². The van der Waals surface area contributed by atoms with E-state index in [2.05, 4.69) is 15.4 Å². The highest BCUT2D eigenvalue weighted by Crippen LogP contribution is 2.04. The lowest BCUT2D eigenvalue weighted by Gasteiger charge is -2.23. The van der Waals surface area contributed by atoms with Crippen LogP contribution in [-0.4, -0.2) is 54.3 Å². The number of ether oxygens (including phenoxy) is 2. The predicted molar refractivity (Wildman–Crippen MR) is 97.6 cm³/mol. The smallest absolute Gasteiger partial charge is 0.408 e. The molecule has 10 nitrogen and oxygen atoms in total. The second-order valence-electron chi connectivity index (χ2n) is 6.00. The molecule has 0 aliphatic heterocycles. The van der Waals surface area contributed by atoms with Gasteiger partial charge in [0.2, 0.25) is 11.8 Å². The van der Waals surface area contributed by atoms with Gasteiger partial charge in [-0.05, 0) is 18.9 Å². The first-order valence-electron chi connectivity index (χ1n) is 8.56. The third kappa shape index (κ3) is 8.04. The van der Waals surface area contributed by atoms with E-state index in [1.165, 1.54) is 14.0 Å². The Bertz CT molecular complexity index is 679. The summed E-state index contributed by atoms with van der Waals surface area (Å²) in [5, 5.41) is 14.3. The molecule has 5 N–H and O–H groups in total. The molecule has 0 aliphatic carbocycles. The number of aliphatic hydroxyl groups is 1. The monoisotopic (exact) mass is 395 g/mol. The van der Waals surface area contributed by atoms with Crippen LogP contribution in [0.25, 0.3) is 0 Å². The second kappa shape index (κ2) is 11.5. The number of primary amides is 1. The van der Waals surface area contributed by atoms with E-state index >= 15 is 0 Å². The van der Waals surface area contributed by atoms with E-state index < -0.39 is 42.1 Å². The van der Waals surface area contributed by atoms with Crippen LogP contribution in [-0.2, 0) is 30.5 Å². The maximum absolute atomic E-state index is 12.4. The highest BCUT2D eigenvalue weighted by molar-refractivity contribution is 5.91. The molecular formula is C18H25N3O7. The Balaban J connectivity index is 2.64. The van der Waals surface area contributed by atoms with E-state index in [1.807, 2.05) is 6.07 Å². The van der Waals surface area contributed by atoms with Crippen LogP contribution >= 0.6 is 0 Å². The number of carbonyl (C=O) groups is 4. The zero-order valence-electron chi connectivity index (χ0n) is 15.7. The number of esters is 1. The first-order valence-corrected chi connectivity index (χ1v) is 8.56. The number of alkyl carbamates (subject to hydrolysis) is 1. The summed E-state index contributed by atoms with van der Waals surface area (Å²) in [5.74, 6) is -2.29. The molecule has 3 amide bonds. The van der Waals surface area contributed by atoms with Crippen LogP contribution in [0.2, 0.25) is 0 Å². The molecule has 0 radical (unpaired) electrons. The van der Waals surface area contributed by atoms with Gasteiger partial charge in [-0.15, -0.1) is 0 Å². The van der Waals surface area contributed by atoms with Gasteiger partial charge in [0.15, 0.2) is 0 Å². The van der Waals surface area contributed by atoms with Gasteiger partial charge in [-0.3, -0.25) is 14.4 Å². The third-order valence-electron chi connectivity index (χ3n) is 3.78. The molecule has 0 heterocycles. The fourth-order valence-corrected chi connectivity index (χ4v) is 2.21. The molecule has 10 heteroatoms. The normalized spacial score (nSPS) is 13.5. The van der Waals surface area contributed by atoms with Gasteiger partial charge < -0.3 is 30.9 Å². The minimum atomic E-state index is -1.39. The van der Waals surface area contributed by atoms with Gasteiger partial charge in [0, 0.05) is 6.42 Å². The molecule has 0 aromatic heterocycles. The van der Waals surface area contributed by atoms with E-state index in [-0.39, 0.29) is 19.4 Å². The number of nitrogens with two attached hydrogens (primary N) is 1. The number of benzene rings is 1. The van der Waals surface area contributed by atoms with Crippen molar-refractivity contribution in [3.05, 3.63) is 35.9 Å². The standard InChI is InChI=1S/C18H25N3O7/c1-11(22)15(21-18(26)28-10-12-6-4-3-5-7-12)17(25)20-13(16(19)24)8-9-14(23)27-2/h3-7,11,13,15,22H,8-10H2,1-2H3,(H2,19,24)(H,20,25)(H,21,26)/t11-,13-,15+/m1/s1. The Morgan fingerprint density at radius 3 is 2.32 bits per heavy atom. The molecule has 1 aromatic carbocycles. The highest BCUT2D eigenvalue weighted by atomic mass is 16.5. The number of aliphatic hydroxyl groups excluding tert-OH is 1. The van der Waals surface area contributed by atoms with Gasteiger partial charge in [-0.2, -0.15) is 0 Å². The number of hydrogen-bond acceptors (Lipinski definition) is 7. The number of amides is 3. The van der Waals surface area contributed by atoms with Crippen LogP contribution in [0.3, 0.4) is 0 Å². The van der Waals surface area contributed by atoms with Crippen molar-refractivity contribution in [1.29, 1.82) is 0 Å². The van der Waals surface area contributed by atoms with Crippen molar-refractivity contribution in [3.8, 4) is 0 Å². The Morgan fingerprint density at radius 1 is 1.14 bits per heavy atom. The number of nitrogens with one attached hydrogen (secondary N) is 2. The van der Waals surface area contributed by atoms with Crippen molar-refractivity contribution in [1.82, 2.24) is 10.6 Å². The number of rotatable bonds is 10.